The Bertz CT molecular complexity index is 1320. The van der Waals surface area contributed by atoms with Crippen molar-refractivity contribution in [1.29, 1.82) is 0 Å². The van der Waals surface area contributed by atoms with Crippen molar-refractivity contribution in [3.63, 3.8) is 0 Å². The second-order valence-electron chi connectivity index (χ2n) is 7.50. The smallest absolute Gasteiger partial charge is 0.335 e. The fourth-order valence-corrected chi connectivity index (χ4v) is 4.74. The van der Waals surface area contributed by atoms with Gasteiger partial charge in [-0.05, 0) is 84.9 Å². The van der Waals surface area contributed by atoms with Crippen LogP contribution in [0.2, 0.25) is 0 Å². The van der Waals surface area contributed by atoms with Crippen molar-refractivity contribution < 1.29 is 23.8 Å². The molecule has 3 aromatic rings. The molecular weight excluding hydrogens is 535 g/mol. The van der Waals surface area contributed by atoms with Crippen LogP contribution in [0.25, 0.3) is 6.08 Å². The first-order chi connectivity index (χ1) is 16.8. The van der Waals surface area contributed by atoms with Gasteiger partial charge in [0.25, 0.3) is 5.91 Å². The van der Waals surface area contributed by atoms with E-state index < -0.39 is 5.97 Å². The van der Waals surface area contributed by atoms with E-state index in [4.69, 9.17) is 9.84 Å². The van der Waals surface area contributed by atoms with Crippen LogP contribution in [0.3, 0.4) is 0 Å². The third-order valence-corrected chi connectivity index (χ3v) is 6.61. The van der Waals surface area contributed by atoms with E-state index in [0.29, 0.717) is 33.6 Å². The quantitative estimate of drug-likeness (QED) is 0.337. The van der Waals surface area contributed by atoms with E-state index >= 15 is 0 Å². The molecule has 1 N–H and O–H groups in total. The predicted molar refractivity (Wildman–Crippen MR) is 138 cm³/mol. The molecule has 1 amide bonds. The number of rotatable bonds is 7. The molecule has 4 rings (SSSR count). The highest BCUT2D eigenvalue weighted by atomic mass is 79.9. The second kappa shape index (κ2) is 10.9. The lowest BCUT2D eigenvalue weighted by molar-refractivity contribution is -0.122. The van der Waals surface area contributed by atoms with Crippen molar-refractivity contribution in [2.24, 2.45) is 4.99 Å². The van der Waals surface area contributed by atoms with Gasteiger partial charge >= 0.3 is 5.97 Å². The Balaban J connectivity index is 1.60. The second-order valence-corrected chi connectivity index (χ2v) is 9.43. The van der Waals surface area contributed by atoms with Gasteiger partial charge in [-0.1, -0.05) is 28.1 Å². The molecule has 3 aromatic carbocycles. The highest BCUT2D eigenvalue weighted by Crippen LogP contribution is 2.36. The van der Waals surface area contributed by atoms with Crippen LogP contribution in [0, 0.1) is 5.82 Å². The Hall–Kier alpha value is -3.43. The molecule has 0 aromatic heterocycles. The number of carbonyl (C=O) groups excluding carboxylic acids is 1. The molecule has 0 aliphatic carbocycles. The first kappa shape index (κ1) is 24.7. The van der Waals surface area contributed by atoms with Crippen molar-refractivity contribution >= 4 is 56.5 Å². The van der Waals surface area contributed by atoms with Crippen LogP contribution in [0.1, 0.15) is 28.4 Å². The number of hydrogen-bond acceptors (Lipinski definition) is 5. The first-order valence-corrected chi connectivity index (χ1v) is 12.2. The number of hydrogen-bond donors (Lipinski definition) is 1. The summed E-state index contributed by atoms with van der Waals surface area (Å²) in [5.41, 5.74) is 2.25. The zero-order chi connectivity index (χ0) is 24.9. The number of aromatic carboxylic acids is 1. The van der Waals surface area contributed by atoms with Crippen LogP contribution in [0.15, 0.2) is 81.1 Å². The molecule has 6 nitrogen and oxygen atoms in total. The Morgan fingerprint density at radius 2 is 1.86 bits per heavy atom. The molecule has 1 fully saturated rings. The van der Waals surface area contributed by atoms with E-state index in [1.54, 1.807) is 41.3 Å². The summed E-state index contributed by atoms with van der Waals surface area (Å²) in [5, 5.41) is 9.59. The van der Waals surface area contributed by atoms with Crippen molar-refractivity contribution in [2.75, 3.05) is 6.54 Å². The van der Waals surface area contributed by atoms with E-state index in [2.05, 4.69) is 20.9 Å². The molecule has 9 heteroatoms. The molecule has 0 radical (unpaired) electrons. The lowest BCUT2D eigenvalue weighted by Gasteiger charge is -2.12. The van der Waals surface area contributed by atoms with Crippen molar-refractivity contribution in [3.8, 4) is 5.75 Å². The highest BCUT2D eigenvalue weighted by molar-refractivity contribution is 9.10. The molecule has 35 heavy (non-hydrogen) atoms. The fraction of sp³-hybridized carbons (Fsp3) is 0.115. The number of amides is 1. The molecule has 1 aliphatic rings. The third-order valence-electron chi connectivity index (χ3n) is 5.11. The van der Waals surface area contributed by atoms with Gasteiger partial charge in [-0.2, -0.15) is 0 Å². The Morgan fingerprint density at radius 1 is 1.14 bits per heavy atom. The molecule has 0 saturated carbocycles. The number of halogens is 2. The lowest BCUT2D eigenvalue weighted by Crippen LogP contribution is -2.28. The predicted octanol–water partition coefficient (Wildman–Crippen LogP) is 6.49. The largest absolute Gasteiger partial charge is 0.488 e. The molecule has 1 heterocycles. The van der Waals surface area contributed by atoms with Crippen molar-refractivity contribution in [2.45, 2.75) is 13.5 Å². The number of likely N-dealkylation sites (N-methyl/N-ethyl adjacent to an activating group) is 1. The number of benzene rings is 3. The molecule has 0 spiro atoms. The van der Waals surface area contributed by atoms with Gasteiger partial charge in [-0.25, -0.2) is 14.2 Å². The number of aliphatic imine (C=N–C) groups is 1. The molecular formula is C26H20BrFN2O4S. The molecule has 0 bridgehead atoms. The summed E-state index contributed by atoms with van der Waals surface area (Å²) >= 11 is 4.71. The first-order valence-electron chi connectivity index (χ1n) is 10.6. The van der Waals surface area contributed by atoms with E-state index in [-0.39, 0.29) is 23.9 Å². The van der Waals surface area contributed by atoms with Crippen LogP contribution in [-0.2, 0) is 11.4 Å². The number of thioether (sulfide) groups is 1. The van der Waals surface area contributed by atoms with Gasteiger partial charge < -0.3 is 9.84 Å². The topological polar surface area (TPSA) is 79.2 Å². The number of nitrogens with zero attached hydrogens (tertiary/aromatic N) is 2. The van der Waals surface area contributed by atoms with E-state index in [9.17, 15) is 14.0 Å². The fourth-order valence-electron chi connectivity index (χ4n) is 3.31. The molecule has 178 valence electrons. The Kier molecular flexibility index (Phi) is 7.67. The van der Waals surface area contributed by atoms with Crippen LogP contribution >= 0.6 is 27.7 Å². The maximum Gasteiger partial charge on any atom is 0.335 e. The minimum atomic E-state index is -1.01. The van der Waals surface area contributed by atoms with Crippen molar-refractivity contribution in [1.82, 2.24) is 4.90 Å². The zero-order valence-electron chi connectivity index (χ0n) is 18.6. The summed E-state index contributed by atoms with van der Waals surface area (Å²) in [6.45, 7) is 2.54. The van der Waals surface area contributed by atoms with Gasteiger partial charge in [0.1, 0.15) is 18.2 Å². The van der Waals surface area contributed by atoms with Gasteiger partial charge in [0, 0.05) is 16.6 Å². The summed E-state index contributed by atoms with van der Waals surface area (Å²) in [6, 6.07) is 17.7. The maximum absolute atomic E-state index is 13.2. The van der Waals surface area contributed by atoms with Gasteiger partial charge in [-0.3, -0.25) is 9.69 Å². The molecule has 1 saturated heterocycles. The molecule has 1 aliphatic heterocycles. The van der Waals surface area contributed by atoms with E-state index in [0.717, 1.165) is 10.0 Å². The highest BCUT2D eigenvalue weighted by Gasteiger charge is 2.32. The molecule has 0 atom stereocenters. The van der Waals surface area contributed by atoms with Gasteiger partial charge in [-0.15, -0.1) is 0 Å². The number of carboxylic acid groups (broad SMARTS) is 1. The summed E-state index contributed by atoms with van der Waals surface area (Å²) < 4.78 is 20.0. The van der Waals surface area contributed by atoms with Gasteiger partial charge in [0.15, 0.2) is 5.17 Å². The minimum absolute atomic E-state index is 0.167. The Morgan fingerprint density at radius 3 is 2.51 bits per heavy atom. The normalized spacial score (nSPS) is 15.7. The Labute approximate surface area is 214 Å². The number of ether oxygens (including phenoxy) is 1. The average molecular weight is 555 g/mol. The number of carboxylic acids is 1. The molecule has 0 unspecified atom stereocenters. The SMILES string of the molecule is CCN1C(=O)/C(=C/c2cc(Br)ccc2OCc2ccc(F)cc2)SC1=Nc1ccc(C(=O)O)cc1. The number of carbonyl (C=O) groups is 2. The summed E-state index contributed by atoms with van der Waals surface area (Å²) in [7, 11) is 0. The average Bonchev–Trinajstić information content (AvgIpc) is 3.13. The van der Waals surface area contributed by atoms with Crippen LogP contribution in [0.5, 0.6) is 5.75 Å². The maximum atomic E-state index is 13.2. The van der Waals surface area contributed by atoms with Crippen LogP contribution < -0.4 is 4.74 Å². The van der Waals surface area contributed by atoms with Crippen LogP contribution in [0.4, 0.5) is 10.1 Å². The van der Waals surface area contributed by atoms with E-state index in [1.165, 1.54) is 36.0 Å². The summed E-state index contributed by atoms with van der Waals surface area (Å²) in [5.74, 6) is -0.921. The minimum Gasteiger partial charge on any atom is -0.488 e. The summed E-state index contributed by atoms with van der Waals surface area (Å²) in [6.07, 6.45) is 1.76. The van der Waals surface area contributed by atoms with Crippen molar-refractivity contribution in [3.05, 3.63) is 98.6 Å². The van der Waals surface area contributed by atoms with Gasteiger partial charge in [0.05, 0.1) is 16.2 Å². The lowest BCUT2D eigenvalue weighted by atomic mass is 10.1. The van der Waals surface area contributed by atoms with Crippen LogP contribution in [-0.4, -0.2) is 33.6 Å². The van der Waals surface area contributed by atoms with Gasteiger partial charge in [0.2, 0.25) is 0 Å². The third kappa shape index (κ3) is 5.98. The zero-order valence-corrected chi connectivity index (χ0v) is 21.0. The standard InChI is InChI=1S/C26H20BrFN2O4S/c1-2-30-24(31)23(35-26(30)29-21-10-5-17(6-11-21)25(32)33)14-18-13-19(27)7-12-22(18)34-15-16-3-8-20(28)9-4-16/h3-14H,2,15H2,1H3,(H,32,33)/b23-14-,29-26?. The number of amidine groups is 1. The summed E-state index contributed by atoms with van der Waals surface area (Å²) in [4.78, 5) is 30.8. The monoisotopic (exact) mass is 554 g/mol. The van der Waals surface area contributed by atoms with E-state index in [1.807, 2.05) is 19.1 Å².